The maximum atomic E-state index is 12.4. The number of nitrogens with one attached hydrogen (secondary N) is 1. The molecule has 0 aliphatic carbocycles. The van der Waals surface area contributed by atoms with Crippen LogP contribution in [-0.2, 0) is 0 Å². The van der Waals surface area contributed by atoms with E-state index in [0.717, 1.165) is 37.4 Å². The van der Waals surface area contributed by atoms with Crippen molar-refractivity contribution in [1.82, 2.24) is 5.32 Å². The van der Waals surface area contributed by atoms with Gasteiger partial charge >= 0.3 is 0 Å². The van der Waals surface area contributed by atoms with E-state index < -0.39 is 0 Å². The van der Waals surface area contributed by atoms with Gasteiger partial charge in [-0.2, -0.15) is 0 Å². The highest BCUT2D eigenvalue weighted by Gasteiger charge is 2.23. The number of nitrogens with zero attached hydrogens (tertiary/aromatic N) is 1. The number of anilines is 2. The lowest BCUT2D eigenvalue weighted by molar-refractivity contribution is 0.0932. The van der Waals surface area contributed by atoms with Crippen LogP contribution in [0, 0.1) is 0 Å². The van der Waals surface area contributed by atoms with Gasteiger partial charge in [0.05, 0.1) is 18.4 Å². The number of hydrogen-bond acceptors (Lipinski definition) is 4. The van der Waals surface area contributed by atoms with Crippen LogP contribution in [0.25, 0.3) is 0 Å². The fourth-order valence-corrected chi connectivity index (χ4v) is 3.12. The van der Waals surface area contributed by atoms with Crippen LogP contribution < -0.4 is 20.7 Å². The first kappa shape index (κ1) is 21.9. The van der Waals surface area contributed by atoms with Gasteiger partial charge in [0.25, 0.3) is 5.91 Å². The van der Waals surface area contributed by atoms with Crippen molar-refractivity contribution < 1.29 is 9.53 Å². The highest BCUT2D eigenvalue weighted by atomic mass is 35.5. The third-order valence-electron chi connectivity index (χ3n) is 4.46. The van der Waals surface area contributed by atoms with Gasteiger partial charge in [-0.1, -0.05) is 24.3 Å². The molecule has 2 aromatic carbocycles. The monoisotopic (exact) mass is 397 g/mol. The number of rotatable bonds is 4. The number of piperidine rings is 1. The maximum Gasteiger partial charge on any atom is 0.253 e. The molecule has 5 nitrogen and oxygen atoms in total. The Morgan fingerprint density at radius 1 is 1.08 bits per heavy atom. The molecule has 1 saturated heterocycles. The van der Waals surface area contributed by atoms with Crippen LogP contribution in [0.5, 0.6) is 5.75 Å². The molecule has 26 heavy (non-hydrogen) atoms. The van der Waals surface area contributed by atoms with Crippen molar-refractivity contribution in [2.45, 2.75) is 18.9 Å². The van der Waals surface area contributed by atoms with E-state index in [9.17, 15) is 4.79 Å². The van der Waals surface area contributed by atoms with E-state index in [1.807, 2.05) is 30.3 Å². The summed E-state index contributed by atoms with van der Waals surface area (Å²) < 4.78 is 5.44. The largest absolute Gasteiger partial charge is 0.495 e. The molecule has 0 bridgehead atoms. The summed E-state index contributed by atoms with van der Waals surface area (Å²) in [7, 11) is 1.69. The van der Waals surface area contributed by atoms with Crippen molar-refractivity contribution >= 4 is 42.1 Å². The van der Waals surface area contributed by atoms with Crippen molar-refractivity contribution in [3.05, 3.63) is 54.1 Å². The smallest absolute Gasteiger partial charge is 0.253 e. The molecule has 1 heterocycles. The van der Waals surface area contributed by atoms with Crippen LogP contribution in [0.15, 0.2) is 48.5 Å². The molecule has 1 amide bonds. The molecule has 7 heteroatoms. The van der Waals surface area contributed by atoms with Gasteiger partial charge in [-0.25, -0.2) is 0 Å². The number of halogens is 2. The Balaban J connectivity index is 0.00000169. The Labute approximate surface area is 166 Å². The zero-order valence-electron chi connectivity index (χ0n) is 14.7. The minimum absolute atomic E-state index is 0. The third-order valence-corrected chi connectivity index (χ3v) is 4.46. The first-order valence-corrected chi connectivity index (χ1v) is 8.22. The lowest BCUT2D eigenvalue weighted by Gasteiger charge is -2.34. The average Bonchev–Trinajstić information content (AvgIpc) is 2.62. The second kappa shape index (κ2) is 10.1. The van der Waals surface area contributed by atoms with Crippen LogP contribution in [-0.4, -0.2) is 32.1 Å². The summed E-state index contributed by atoms with van der Waals surface area (Å²) in [6.07, 6.45) is 1.80. The molecule has 3 rings (SSSR count). The van der Waals surface area contributed by atoms with Gasteiger partial charge in [0.1, 0.15) is 5.75 Å². The fraction of sp³-hybridized carbons (Fsp3) is 0.316. The zero-order chi connectivity index (χ0) is 16.9. The molecular formula is C19H25Cl2N3O2. The quantitative estimate of drug-likeness (QED) is 0.774. The van der Waals surface area contributed by atoms with E-state index in [1.54, 1.807) is 19.2 Å². The Hall–Kier alpha value is -2.11. The number of amides is 1. The Morgan fingerprint density at radius 3 is 2.35 bits per heavy atom. The van der Waals surface area contributed by atoms with Crippen LogP contribution >= 0.6 is 24.8 Å². The van der Waals surface area contributed by atoms with Gasteiger partial charge < -0.3 is 20.7 Å². The molecule has 0 saturated carbocycles. The molecule has 1 aliphatic heterocycles. The number of nitrogens with two attached hydrogens (primary N) is 1. The number of para-hydroxylation sites is 3. The average molecular weight is 398 g/mol. The van der Waals surface area contributed by atoms with Crippen LogP contribution in [0.1, 0.15) is 23.2 Å². The topological polar surface area (TPSA) is 67.6 Å². The van der Waals surface area contributed by atoms with Crippen molar-refractivity contribution in [1.29, 1.82) is 0 Å². The summed E-state index contributed by atoms with van der Waals surface area (Å²) in [5, 5.41) is 3.10. The number of nitrogen functional groups attached to an aromatic ring is 1. The highest BCUT2D eigenvalue weighted by Crippen LogP contribution is 2.29. The third kappa shape index (κ3) is 4.96. The fourth-order valence-electron chi connectivity index (χ4n) is 3.12. The van der Waals surface area contributed by atoms with Crippen LogP contribution in [0.4, 0.5) is 11.4 Å². The van der Waals surface area contributed by atoms with E-state index in [4.69, 9.17) is 10.5 Å². The molecule has 142 valence electrons. The normalized spacial score (nSPS) is 14.0. The second-order valence-electron chi connectivity index (χ2n) is 5.99. The zero-order valence-corrected chi connectivity index (χ0v) is 16.3. The minimum atomic E-state index is -0.0937. The molecule has 0 spiro atoms. The van der Waals surface area contributed by atoms with Crippen molar-refractivity contribution in [3.63, 3.8) is 0 Å². The molecule has 1 fully saturated rings. The van der Waals surface area contributed by atoms with E-state index >= 15 is 0 Å². The number of carbonyl (C=O) groups excluding carboxylic acids is 1. The van der Waals surface area contributed by atoms with Gasteiger partial charge in [0.15, 0.2) is 0 Å². The summed E-state index contributed by atoms with van der Waals surface area (Å²) in [6, 6.07) is 15.4. The Kier molecular flexibility index (Phi) is 8.55. The number of carbonyl (C=O) groups is 1. The second-order valence-corrected chi connectivity index (χ2v) is 5.99. The highest BCUT2D eigenvalue weighted by molar-refractivity contribution is 5.99. The Morgan fingerprint density at radius 2 is 1.69 bits per heavy atom. The summed E-state index contributed by atoms with van der Waals surface area (Å²) in [5.74, 6) is 0.792. The lowest BCUT2D eigenvalue weighted by atomic mass is 10.0. The van der Waals surface area contributed by atoms with Gasteiger partial charge in [-0.05, 0) is 37.1 Å². The molecule has 0 aromatic heterocycles. The molecule has 3 N–H and O–H groups in total. The maximum absolute atomic E-state index is 12.4. The summed E-state index contributed by atoms with van der Waals surface area (Å²) >= 11 is 0. The molecule has 0 radical (unpaired) electrons. The minimum Gasteiger partial charge on any atom is -0.495 e. The molecule has 1 aliphatic rings. The standard InChI is InChI=1S/C19H23N3O2.2ClH/c1-24-18-9-5-4-8-17(18)22-12-10-14(11-13-22)21-19(23)15-6-2-3-7-16(15)20;;/h2-9,14H,10-13,20H2,1H3,(H,21,23);2*1H. The molecular weight excluding hydrogens is 373 g/mol. The molecule has 2 aromatic rings. The van der Waals surface area contributed by atoms with Gasteiger partial charge in [0, 0.05) is 24.8 Å². The predicted octanol–water partition coefficient (Wildman–Crippen LogP) is 3.52. The van der Waals surface area contributed by atoms with Crippen LogP contribution in [0.3, 0.4) is 0 Å². The van der Waals surface area contributed by atoms with E-state index in [2.05, 4.69) is 16.3 Å². The SMILES string of the molecule is COc1ccccc1N1CCC(NC(=O)c2ccccc2N)CC1.Cl.Cl. The molecule has 0 atom stereocenters. The number of ether oxygens (including phenoxy) is 1. The van der Waals surface area contributed by atoms with Gasteiger partial charge in [-0.3, -0.25) is 4.79 Å². The Bertz CT molecular complexity index is 719. The van der Waals surface area contributed by atoms with Gasteiger partial charge in [0.2, 0.25) is 0 Å². The summed E-state index contributed by atoms with van der Waals surface area (Å²) in [5.41, 5.74) is 8.04. The number of methoxy groups -OCH3 is 1. The molecule has 0 unspecified atom stereocenters. The first-order chi connectivity index (χ1) is 11.7. The van der Waals surface area contributed by atoms with Crippen molar-refractivity contribution in [2.75, 3.05) is 30.8 Å². The lowest BCUT2D eigenvalue weighted by Crippen LogP contribution is -2.44. The van der Waals surface area contributed by atoms with Crippen LogP contribution in [0.2, 0.25) is 0 Å². The predicted molar refractivity (Wildman–Crippen MR) is 111 cm³/mol. The first-order valence-electron chi connectivity index (χ1n) is 8.22. The summed E-state index contributed by atoms with van der Waals surface area (Å²) in [4.78, 5) is 14.7. The van der Waals surface area contributed by atoms with E-state index in [1.165, 1.54) is 0 Å². The van der Waals surface area contributed by atoms with E-state index in [0.29, 0.717) is 11.3 Å². The van der Waals surface area contributed by atoms with E-state index in [-0.39, 0.29) is 36.8 Å². The van der Waals surface area contributed by atoms with Crippen molar-refractivity contribution in [3.8, 4) is 5.75 Å². The number of hydrogen-bond donors (Lipinski definition) is 2. The van der Waals surface area contributed by atoms with Crippen molar-refractivity contribution in [2.24, 2.45) is 0 Å². The summed E-state index contributed by atoms with van der Waals surface area (Å²) in [6.45, 7) is 1.77. The van der Waals surface area contributed by atoms with Gasteiger partial charge in [-0.15, -0.1) is 24.8 Å². The number of benzene rings is 2.